The Morgan fingerprint density at radius 2 is 2.10 bits per heavy atom. The molecule has 1 aromatic heterocycles. The van der Waals surface area contributed by atoms with Gasteiger partial charge in [0.1, 0.15) is 5.69 Å². The van der Waals surface area contributed by atoms with Crippen molar-refractivity contribution in [3.05, 3.63) is 24.0 Å². The normalized spacial score (nSPS) is 23.2. The number of likely N-dealkylation sites (tertiary alicyclic amines) is 1. The number of piperidine rings is 1. The summed E-state index contributed by atoms with van der Waals surface area (Å²) in [5.74, 6) is 0.208. The number of aromatic nitrogens is 1. The molecule has 1 amide bonds. The molecule has 2 aliphatic heterocycles. The van der Waals surface area contributed by atoms with Gasteiger partial charge < -0.3 is 14.8 Å². The van der Waals surface area contributed by atoms with E-state index in [-0.39, 0.29) is 11.3 Å². The summed E-state index contributed by atoms with van der Waals surface area (Å²) in [6, 6.07) is 4.47. The highest BCUT2D eigenvalue weighted by Crippen LogP contribution is 2.30. The molecule has 3 rings (SSSR count). The lowest BCUT2D eigenvalue weighted by atomic mass is 9.93. The van der Waals surface area contributed by atoms with Crippen LogP contribution in [0.4, 0.5) is 0 Å². The van der Waals surface area contributed by atoms with Crippen molar-refractivity contribution < 1.29 is 4.79 Å². The number of nitrogens with zero attached hydrogens (tertiary/aromatic N) is 2. The molecule has 3 heterocycles. The minimum atomic E-state index is 0.208. The van der Waals surface area contributed by atoms with Crippen LogP contribution in [-0.2, 0) is 0 Å². The largest absolute Gasteiger partial charge is 0.340 e. The van der Waals surface area contributed by atoms with Crippen LogP contribution in [0.5, 0.6) is 0 Å². The van der Waals surface area contributed by atoms with Crippen LogP contribution in [0.3, 0.4) is 0 Å². The fourth-order valence-corrected chi connectivity index (χ4v) is 3.43. The average molecular weight is 275 g/mol. The van der Waals surface area contributed by atoms with Crippen molar-refractivity contribution in [3.8, 4) is 0 Å². The molecule has 2 fully saturated rings. The molecular formula is C16H25N3O. The van der Waals surface area contributed by atoms with Gasteiger partial charge >= 0.3 is 0 Å². The summed E-state index contributed by atoms with van der Waals surface area (Å²) in [4.78, 5) is 14.8. The van der Waals surface area contributed by atoms with Gasteiger partial charge in [0, 0.05) is 25.3 Å². The fraction of sp³-hybridized carbons (Fsp3) is 0.688. The lowest BCUT2D eigenvalue weighted by molar-refractivity contribution is 0.0763. The van der Waals surface area contributed by atoms with Crippen LogP contribution in [-0.4, -0.2) is 41.6 Å². The quantitative estimate of drug-likeness (QED) is 0.899. The van der Waals surface area contributed by atoms with Crippen LogP contribution in [0.15, 0.2) is 18.3 Å². The Morgan fingerprint density at radius 3 is 2.75 bits per heavy atom. The standard InChI is InChI=1S/C16H25N3O/c1-16(2)7-11-18(12-16)15(20)14-4-3-10-19(14)13-5-8-17-9-6-13/h3-4,10,13,17H,5-9,11-12H2,1-2H3. The molecule has 0 spiro atoms. The minimum Gasteiger partial charge on any atom is -0.340 e. The zero-order valence-corrected chi connectivity index (χ0v) is 12.6. The van der Waals surface area contributed by atoms with Gasteiger partial charge in [0.25, 0.3) is 5.91 Å². The van der Waals surface area contributed by atoms with E-state index < -0.39 is 0 Å². The molecule has 0 aliphatic carbocycles. The number of hydrogen-bond acceptors (Lipinski definition) is 2. The Kier molecular flexibility index (Phi) is 3.59. The van der Waals surface area contributed by atoms with Crippen LogP contribution in [0, 0.1) is 5.41 Å². The number of carbonyl (C=O) groups is 1. The zero-order chi connectivity index (χ0) is 14.2. The lowest BCUT2D eigenvalue weighted by Crippen LogP contribution is -2.34. The van der Waals surface area contributed by atoms with Crippen molar-refractivity contribution in [1.82, 2.24) is 14.8 Å². The highest BCUT2D eigenvalue weighted by atomic mass is 16.2. The van der Waals surface area contributed by atoms with Crippen molar-refractivity contribution >= 4 is 5.91 Å². The Labute approximate surface area is 121 Å². The van der Waals surface area contributed by atoms with E-state index in [1.165, 1.54) is 0 Å². The second kappa shape index (κ2) is 5.24. The second-order valence-electron chi connectivity index (χ2n) is 6.92. The number of hydrogen-bond donors (Lipinski definition) is 1. The van der Waals surface area contributed by atoms with Crippen LogP contribution >= 0.6 is 0 Å². The summed E-state index contributed by atoms with van der Waals surface area (Å²) in [6.45, 7) is 8.35. The predicted molar refractivity (Wildman–Crippen MR) is 79.9 cm³/mol. The first-order chi connectivity index (χ1) is 9.57. The zero-order valence-electron chi connectivity index (χ0n) is 12.6. The lowest BCUT2D eigenvalue weighted by Gasteiger charge is -2.27. The SMILES string of the molecule is CC1(C)CCN(C(=O)c2cccn2C2CCNCC2)C1. The molecule has 2 saturated heterocycles. The van der Waals surface area contributed by atoms with Gasteiger partial charge in [0.2, 0.25) is 0 Å². The van der Waals surface area contributed by atoms with Crippen LogP contribution in [0.25, 0.3) is 0 Å². The van der Waals surface area contributed by atoms with Crippen LogP contribution in [0.1, 0.15) is 49.6 Å². The van der Waals surface area contributed by atoms with E-state index in [1.54, 1.807) is 0 Å². The second-order valence-corrected chi connectivity index (χ2v) is 6.92. The van der Waals surface area contributed by atoms with E-state index in [1.807, 2.05) is 17.0 Å². The van der Waals surface area contributed by atoms with Gasteiger partial charge in [-0.25, -0.2) is 0 Å². The van der Waals surface area contributed by atoms with Gasteiger partial charge in [-0.1, -0.05) is 13.8 Å². The van der Waals surface area contributed by atoms with E-state index >= 15 is 0 Å². The van der Waals surface area contributed by atoms with Gasteiger partial charge in [-0.2, -0.15) is 0 Å². The summed E-state index contributed by atoms with van der Waals surface area (Å²) in [5, 5.41) is 3.38. The molecule has 2 aliphatic rings. The molecule has 20 heavy (non-hydrogen) atoms. The summed E-state index contributed by atoms with van der Waals surface area (Å²) >= 11 is 0. The highest BCUT2D eigenvalue weighted by molar-refractivity contribution is 5.93. The molecule has 4 heteroatoms. The van der Waals surface area contributed by atoms with Gasteiger partial charge in [-0.05, 0) is 49.9 Å². The smallest absolute Gasteiger partial charge is 0.270 e. The molecule has 0 radical (unpaired) electrons. The molecule has 4 nitrogen and oxygen atoms in total. The molecule has 0 saturated carbocycles. The molecule has 110 valence electrons. The van der Waals surface area contributed by atoms with E-state index in [0.717, 1.165) is 51.1 Å². The van der Waals surface area contributed by atoms with Gasteiger partial charge in [0.05, 0.1) is 0 Å². The Hall–Kier alpha value is -1.29. The maximum Gasteiger partial charge on any atom is 0.270 e. The third kappa shape index (κ3) is 2.62. The van der Waals surface area contributed by atoms with Crippen molar-refractivity contribution in [2.45, 2.75) is 39.2 Å². The number of rotatable bonds is 2. The maximum absolute atomic E-state index is 12.7. The molecule has 1 aromatic rings. The van der Waals surface area contributed by atoms with Crippen molar-refractivity contribution in [2.75, 3.05) is 26.2 Å². The Balaban J connectivity index is 1.77. The Bertz CT molecular complexity index is 486. The number of carbonyl (C=O) groups excluding carboxylic acids is 1. The highest BCUT2D eigenvalue weighted by Gasteiger charge is 2.33. The van der Waals surface area contributed by atoms with E-state index in [9.17, 15) is 4.79 Å². The molecular weight excluding hydrogens is 250 g/mol. The topological polar surface area (TPSA) is 37.3 Å². The van der Waals surface area contributed by atoms with Crippen molar-refractivity contribution in [2.24, 2.45) is 5.41 Å². The third-order valence-electron chi connectivity index (χ3n) is 4.66. The van der Waals surface area contributed by atoms with E-state index in [0.29, 0.717) is 6.04 Å². The van der Waals surface area contributed by atoms with Gasteiger partial charge in [-0.15, -0.1) is 0 Å². The Morgan fingerprint density at radius 1 is 1.35 bits per heavy atom. The van der Waals surface area contributed by atoms with Crippen LogP contribution in [0.2, 0.25) is 0 Å². The summed E-state index contributed by atoms with van der Waals surface area (Å²) in [5.41, 5.74) is 1.14. The monoisotopic (exact) mass is 275 g/mol. The van der Waals surface area contributed by atoms with Crippen molar-refractivity contribution in [1.29, 1.82) is 0 Å². The number of amides is 1. The summed E-state index contributed by atoms with van der Waals surface area (Å²) < 4.78 is 2.20. The minimum absolute atomic E-state index is 0.208. The molecule has 0 unspecified atom stereocenters. The first-order valence-corrected chi connectivity index (χ1v) is 7.74. The first-order valence-electron chi connectivity index (χ1n) is 7.74. The van der Waals surface area contributed by atoms with Gasteiger partial charge in [0.15, 0.2) is 0 Å². The van der Waals surface area contributed by atoms with E-state index in [4.69, 9.17) is 0 Å². The molecule has 0 bridgehead atoms. The maximum atomic E-state index is 12.7. The molecule has 0 atom stereocenters. The third-order valence-corrected chi connectivity index (χ3v) is 4.66. The van der Waals surface area contributed by atoms with Crippen molar-refractivity contribution in [3.63, 3.8) is 0 Å². The molecule has 0 aromatic carbocycles. The summed E-state index contributed by atoms with van der Waals surface area (Å²) in [6.07, 6.45) is 5.40. The molecule has 1 N–H and O–H groups in total. The summed E-state index contributed by atoms with van der Waals surface area (Å²) in [7, 11) is 0. The van der Waals surface area contributed by atoms with E-state index in [2.05, 4.69) is 29.9 Å². The fourth-order valence-electron chi connectivity index (χ4n) is 3.43. The van der Waals surface area contributed by atoms with Gasteiger partial charge in [-0.3, -0.25) is 4.79 Å². The van der Waals surface area contributed by atoms with Crippen LogP contribution < -0.4 is 5.32 Å². The first kappa shape index (κ1) is 13.7. The number of nitrogens with one attached hydrogen (secondary N) is 1. The predicted octanol–water partition coefficient (Wildman–Crippen LogP) is 2.28. The average Bonchev–Trinajstić information content (AvgIpc) is 3.05.